The Kier molecular flexibility index (Phi) is 3.27. The van der Waals surface area contributed by atoms with E-state index < -0.39 is 11.6 Å². The molecule has 0 aromatic heterocycles. The van der Waals surface area contributed by atoms with Crippen molar-refractivity contribution in [3.63, 3.8) is 0 Å². The van der Waals surface area contributed by atoms with Crippen LogP contribution in [-0.4, -0.2) is 6.54 Å². The van der Waals surface area contributed by atoms with Crippen LogP contribution in [0.25, 0.3) is 0 Å². The van der Waals surface area contributed by atoms with E-state index in [0.29, 0.717) is 6.54 Å². The average Bonchev–Trinajstić information content (AvgIpc) is 2.13. The summed E-state index contributed by atoms with van der Waals surface area (Å²) in [6.07, 6.45) is 0. The van der Waals surface area contributed by atoms with Gasteiger partial charge in [0.1, 0.15) is 0 Å². The maximum atomic E-state index is 12.9. The van der Waals surface area contributed by atoms with Crippen molar-refractivity contribution in [2.24, 2.45) is 0 Å². The van der Waals surface area contributed by atoms with Crippen LogP contribution in [0.5, 0.6) is 0 Å². The molecule has 0 aliphatic carbocycles. The van der Waals surface area contributed by atoms with Crippen LogP contribution in [0.15, 0.2) is 18.2 Å². The highest BCUT2D eigenvalue weighted by Crippen LogP contribution is 2.15. The molecule has 0 saturated heterocycles. The quantitative estimate of drug-likeness (QED) is 0.691. The fraction of sp³-hybridized carbons (Fsp3) is 0.200. The Balaban J connectivity index is 2.75. The summed E-state index contributed by atoms with van der Waals surface area (Å²) in [4.78, 5) is 0. The van der Waals surface area contributed by atoms with Gasteiger partial charge in [-0.25, -0.2) is 8.78 Å². The standard InChI is InChI=1S/C10H9F2N/c1-2-3-7-13-9-6-4-5-8(11)10(9)12/h4-6,13H,7H2,1H3. The highest BCUT2D eigenvalue weighted by atomic mass is 19.2. The molecule has 0 aliphatic rings. The van der Waals surface area contributed by atoms with E-state index in [1.165, 1.54) is 12.1 Å². The molecule has 0 fully saturated rings. The summed E-state index contributed by atoms with van der Waals surface area (Å²) in [7, 11) is 0. The lowest BCUT2D eigenvalue weighted by molar-refractivity contribution is 0.511. The zero-order chi connectivity index (χ0) is 9.68. The summed E-state index contributed by atoms with van der Waals surface area (Å²) in [5.41, 5.74) is 0.141. The van der Waals surface area contributed by atoms with Crippen molar-refractivity contribution in [3.8, 4) is 11.8 Å². The van der Waals surface area contributed by atoms with Crippen LogP contribution in [0.3, 0.4) is 0 Å². The third kappa shape index (κ3) is 2.45. The molecular weight excluding hydrogens is 172 g/mol. The summed E-state index contributed by atoms with van der Waals surface area (Å²) in [5, 5.41) is 2.67. The van der Waals surface area contributed by atoms with Crippen LogP contribution in [0.2, 0.25) is 0 Å². The second-order valence-corrected chi connectivity index (χ2v) is 2.38. The molecule has 0 radical (unpaired) electrons. The molecule has 0 amide bonds. The van der Waals surface area contributed by atoms with Crippen LogP contribution in [0, 0.1) is 23.5 Å². The first-order chi connectivity index (χ1) is 6.25. The van der Waals surface area contributed by atoms with E-state index in [2.05, 4.69) is 17.2 Å². The molecule has 0 saturated carbocycles. The number of benzene rings is 1. The van der Waals surface area contributed by atoms with Crippen molar-refractivity contribution in [1.82, 2.24) is 0 Å². The Morgan fingerprint density at radius 3 is 2.85 bits per heavy atom. The summed E-state index contributed by atoms with van der Waals surface area (Å²) in [6, 6.07) is 3.99. The highest BCUT2D eigenvalue weighted by Gasteiger charge is 2.05. The Morgan fingerprint density at radius 1 is 1.38 bits per heavy atom. The molecule has 0 aliphatic heterocycles. The van der Waals surface area contributed by atoms with Crippen LogP contribution in [0.1, 0.15) is 6.92 Å². The second kappa shape index (κ2) is 4.46. The van der Waals surface area contributed by atoms with E-state index in [4.69, 9.17) is 0 Å². The van der Waals surface area contributed by atoms with Gasteiger partial charge < -0.3 is 5.32 Å². The smallest absolute Gasteiger partial charge is 0.181 e. The molecule has 0 heterocycles. The van der Waals surface area contributed by atoms with Crippen LogP contribution in [-0.2, 0) is 0 Å². The van der Waals surface area contributed by atoms with E-state index in [0.717, 1.165) is 6.07 Å². The minimum absolute atomic E-state index is 0.141. The summed E-state index contributed by atoms with van der Waals surface area (Å²) < 4.78 is 25.6. The van der Waals surface area contributed by atoms with Crippen molar-refractivity contribution in [1.29, 1.82) is 0 Å². The monoisotopic (exact) mass is 181 g/mol. The maximum absolute atomic E-state index is 12.9. The molecule has 0 atom stereocenters. The Bertz CT molecular complexity index is 350. The predicted molar refractivity (Wildman–Crippen MR) is 48.3 cm³/mol. The van der Waals surface area contributed by atoms with Crippen molar-refractivity contribution < 1.29 is 8.78 Å². The number of nitrogens with one attached hydrogen (secondary N) is 1. The number of hydrogen-bond acceptors (Lipinski definition) is 1. The van der Waals surface area contributed by atoms with Gasteiger partial charge in [0.15, 0.2) is 11.6 Å². The zero-order valence-electron chi connectivity index (χ0n) is 7.20. The molecular formula is C10H9F2N. The van der Waals surface area contributed by atoms with Crippen LogP contribution in [0.4, 0.5) is 14.5 Å². The second-order valence-electron chi connectivity index (χ2n) is 2.38. The van der Waals surface area contributed by atoms with Crippen molar-refractivity contribution >= 4 is 5.69 Å². The first-order valence-electron chi connectivity index (χ1n) is 3.83. The third-order valence-electron chi connectivity index (χ3n) is 1.50. The SMILES string of the molecule is CC#CCNc1cccc(F)c1F. The molecule has 0 unspecified atom stereocenters. The Labute approximate surface area is 75.8 Å². The minimum atomic E-state index is -0.861. The first-order valence-corrected chi connectivity index (χ1v) is 3.83. The van der Waals surface area contributed by atoms with Crippen LogP contribution < -0.4 is 5.32 Å². The number of hydrogen-bond donors (Lipinski definition) is 1. The van der Waals surface area contributed by atoms with E-state index in [1.54, 1.807) is 6.92 Å². The van der Waals surface area contributed by atoms with Crippen LogP contribution >= 0.6 is 0 Å². The molecule has 68 valence electrons. The van der Waals surface area contributed by atoms with Gasteiger partial charge in [-0.2, -0.15) is 0 Å². The van der Waals surface area contributed by atoms with Gasteiger partial charge in [-0.05, 0) is 19.1 Å². The Hall–Kier alpha value is -1.56. The lowest BCUT2D eigenvalue weighted by Crippen LogP contribution is -2.02. The number of anilines is 1. The largest absolute Gasteiger partial charge is 0.372 e. The van der Waals surface area contributed by atoms with Gasteiger partial charge in [0.2, 0.25) is 0 Å². The highest BCUT2D eigenvalue weighted by molar-refractivity contribution is 5.45. The van der Waals surface area contributed by atoms with Crippen molar-refractivity contribution in [2.45, 2.75) is 6.92 Å². The van der Waals surface area contributed by atoms with E-state index >= 15 is 0 Å². The third-order valence-corrected chi connectivity index (χ3v) is 1.50. The molecule has 3 heteroatoms. The lowest BCUT2D eigenvalue weighted by atomic mass is 10.3. The topological polar surface area (TPSA) is 12.0 Å². The molecule has 1 aromatic carbocycles. The lowest BCUT2D eigenvalue weighted by Gasteiger charge is -2.03. The normalized spacial score (nSPS) is 8.85. The zero-order valence-corrected chi connectivity index (χ0v) is 7.20. The maximum Gasteiger partial charge on any atom is 0.181 e. The molecule has 1 rings (SSSR count). The predicted octanol–water partition coefficient (Wildman–Crippen LogP) is 2.40. The fourth-order valence-electron chi connectivity index (χ4n) is 0.868. The van der Waals surface area contributed by atoms with E-state index in [-0.39, 0.29) is 5.69 Å². The summed E-state index contributed by atoms with van der Waals surface area (Å²) in [5.74, 6) is 3.62. The number of halogens is 2. The van der Waals surface area contributed by atoms with Gasteiger partial charge in [-0.3, -0.25) is 0 Å². The van der Waals surface area contributed by atoms with Gasteiger partial charge in [-0.15, -0.1) is 5.92 Å². The van der Waals surface area contributed by atoms with E-state index in [1.807, 2.05) is 0 Å². The van der Waals surface area contributed by atoms with Gasteiger partial charge in [-0.1, -0.05) is 12.0 Å². The number of rotatable bonds is 2. The molecule has 1 N–H and O–H groups in total. The van der Waals surface area contributed by atoms with Gasteiger partial charge in [0.25, 0.3) is 0 Å². The molecule has 1 aromatic rings. The molecule has 1 nitrogen and oxygen atoms in total. The first kappa shape index (κ1) is 9.53. The molecule has 0 spiro atoms. The molecule has 13 heavy (non-hydrogen) atoms. The summed E-state index contributed by atoms with van der Waals surface area (Å²) >= 11 is 0. The van der Waals surface area contributed by atoms with Crippen molar-refractivity contribution in [2.75, 3.05) is 11.9 Å². The fourth-order valence-corrected chi connectivity index (χ4v) is 0.868. The van der Waals surface area contributed by atoms with E-state index in [9.17, 15) is 8.78 Å². The minimum Gasteiger partial charge on any atom is -0.372 e. The average molecular weight is 181 g/mol. The summed E-state index contributed by atoms with van der Waals surface area (Å²) in [6.45, 7) is 2.00. The van der Waals surface area contributed by atoms with Crippen molar-refractivity contribution in [3.05, 3.63) is 29.8 Å². The van der Waals surface area contributed by atoms with Gasteiger partial charge in [0, 0.05) is 0 Å². The van der Waals surface area contributed by atoms with Gasteiger partial charge >= 0.3 is 0 Å². The molecule has 0 bridgehead atoms. The van der Waals surface area contributed by atoms with Gasteiger partial charge in [0.05, 0.1) is 12.2 Å². The Morgan fingerprint density at radius 2 is 2.15 bits per heavy atom.